The second-order valence-corrected chi connectivity index (χ2v) is 4.46. The molecule has 6 nitrogen and oxygen atoms in total. The molecule has 0 aliphatic carbocycles. The quantitative estimate of drug-likeness (QED) is 0.769. The smallest absolute Gasteiger partial charge is 0.325 e. The number of hydrogen-bond donors (Lipinski definition) is 2. The number of carbonyl (C=O) groups is 3. The van der Waals surface area contributed by atoms with E-state index in [0.29, 0.717) is 5.56 Å². The lowest BCUT2D eigenvalue weighted by Crippen LogP contribution is -2.39. The molecule has 2 N–H and O–H groups in total. The second kappa shape index (κ2) is 7.52. The topological polar surface area (TPSA) is 84.5 Å². The van der Waals surface area contributed by atoms with Crippen LogP contribution < -0.4 is 10.6 Å². The zero-order valence-corrected chi connectivity index (χ0v) is 11.8. The van der Waals surface area contributed by atoms with E-state index in [-0.39, 0.29) is 19.0 Å². The maximum Gasteiger partial charge on any atom is 0.325 e. The number of rotatable bonds is 5. The molecule has 1 aromatic carbocycles. The highest BCUT2D eigenvalue weighted by atomic mass is 79.9. The molecule has 0 unspecified atom stereocenters. The Morgan fingerprint density at radius 3 is 2.32 bits per heavy atom. The predicted octanol–water partition coefficient (Wildman–Crippen LogP) is 0.468. The van der Waals surface area contributed by atoms with Crippen LogP contribution >= 0.6 is 15.9 Å². The first-order valence-electron chi connectivity index (χ1n) is 5.40. The number of methoxy groups -OCH3 is 1. The molecule has 1 aromatic rings. The maximum atomic E-state index is 11.7. The van der Waals surface area contributed by atoms with Gasteiger partial charge in [-0.15, -0.1) is 0 Å². The Morgan fingerprint density at radius 2 is 1.74 bits per heavy atom. The minimum atomic E-state index is -0.549. The fourth-order valence-corrected chi connectivity index (χ4v) is 1.43. The lowest BCUT2D eigenvalue weighted by Gasteiger charge is -2.06. The first-order chi connectivity index (χ1) is 9.02. The van der Waals surface area contributed by atoms with E-state index in [1.807, 2.05) is 0 Å². The minimum absolute atomic E-state index is 0.202. The van der Waals surface area contributed by atoms with Crippen molar-refractivity contribution in [2.75, 3.05) is 20.2 Å². The van der Waals surface area contributed by atoms with Gasteiger partial charge >= 0.3 is 5.97 Å². The number of ether oxygens (including phenoxy) is 1. The summed E-state index contributed by atoms with van der Waals surface area (Å²) in [6, 6.07) is 6.72. The highest BCUT2D eigenvalue weighted by Crippen LogP contribution is 2.10. The zero-order valence-electron chi connectivity index (χ0n) is 10.2. The molecule has 0 aliphatic rings. The Kier molecular flexibility index (Phi) is 6.01. The number of nitrogens with one attached hydrogen (secondary N) is 2. The Hall–Kier alpha value is -1.89. The molecule has 19 heavy (non-hydrogen) atoms. The highest BCUT2D eigenvalue weighted by molar-refractivity contribution is 9.10. The molecule has 0 radical (unpaired) electrons. The van der Waals surface area contributed by atoms with Crippen LogP contribution in [0, 0.1) is 0 Å². The zero-order chi connectivity index (χ0) is 14.3. The van der Waals surface area contributed by atoms with Gasteiger partial charge in [0.1, 0.15) is 6.54 Å². The summed E-state index contributed by atoms with van der Waals surface area (Å²) in [5, 5.41) is 4.76. The summed E-state index contributed by atoms with van der Waals surface area (Å²) in [5.41, 5.74) is 0.448. The van der Waals surface area contributed by atoms with Crippen LogP contribution in [0.4, 0.5) is 0 Å². The van der Waals surface area contributed by atoms with Crippen LogP contribution in [0.2, 0.25) is 0 Å². The van der Waals surface area contributed by atoms with Crippen molar-refractivity contribution in [1.82, 2.24) is 10.6 Å². The van der Waals surface area contributed by atoms with Gasteiger partial charge in [-0.3, -0.25) is 14.4 Å². The summed E-state index contributed by atoms with van der Waals surface area (Å²) in [6.07, 6.45) is 0. The van der Waals surface area contributed by atoms with E-state index in [1.165, 1.54) is 7.11 Å². The molecule has 0 bridgehead atoms. The van der Waals surface area contributed by atoms with Crippen LogP contribution in [0.3, 0.4) is 0 Å². The van der Waals surface area contributed by atoms with Crippen molar-refractivity contribution in [2.45, 2.75) is 0 Å². The highest BCUT2D eigenvalue weighted by Gasteiger charge is 2.09. The van der Waals surface area contributed by atoms with Gasteiger partial charge in [0, 0.05) is 10.0 Å². The Labute approximate surface area is 118 Å². The number of carbonyl (C=O) groups excluding carboxylic acids is 3. The van der Waals surface area contributed by atoms with Crippen molar-refractivity contribution in [2.24, 2.45) is 0 Å². The predicted molar refractivity (Wildman–Crippen MR) is 71.5 cm³/mol. The van der Waals surface area contributed by atoms with Crippen LogP contribution in [0.25, 0.3) is 0 Å². The molecule has 0 heterocycles. The SMILES string of the molecule is COC(=O)CNC(=O)CNC(=O)c1ccc(Br)cc1. The van der Waals surface area contributed by atoms with Crippen molar-refractivity contribution >= 4 is 33.7 Å². The lowest BCUT2D eigenvalue weighted by molar-refractivity contribution is -0.141. The molecule has 0 atom stereocenters. The van der Waals surface area contributed by atoms with Gasteiger partial charge in [0.2, 0.25) is 5.91 Å². The number of hydrogen-bond acceptors (Lipinski definition) is 4. The van der Waals surface area contributed by atoms with Gasteiger partial charge in [0.25, 0.3) is 5.91 Å². The van der Waals surface area contributed by atoms with Crippen LogP contribution in [0.15, 0.2) is 28.7 Å². The first-order valence-corrected chi connectivity index (χ1v) is 6.19. The third-order valence-electron chi connectivity index (χ3n) is 2.17. The molecule has 0 fully saturated rings. The molecule has 102 valence electrons. The van der Waals surface area contributed by atoms with Crippen molar-refractivity contribution in [1.29, 1.82) is 0 Å². The fourth-order valence-electron chi connectivity index (χ4n) is 1.17. The van der Waals surface area contributed by atoms with Gasteiger partial charge in [-0.1, -0.05) is 15.9 Å². The van der Waals surface area contributed by atoms with Gasteiger partial charge < -0.3 is 15.4 Å². The average Bonchev–Trinajstić information content (AvgIpc) is 2.42. The molecule has 7 heteroatoms. The third-order valence-corrected chi connectivity index (χ3v) is 2.70. The molecular weight excluding hydrogens is 316 g/mol. The maximum absolute atomic E-state index is 11.7. The molecule has 2 amide bonds. The summed E-state index contributed by atoms with van der Waals surface area (Å²) in [5.74, 6) is -1.37. The van der Waals surface area contributed by atoms with E-state index in [9.17, 15) is 14.4 Å². The Morgan fingerprint density at radius 1 is 1.11 bits per heavy atom. The molecule has 0 saturated heterocycles. The minimum Gasteiger partial charge on any atom is -0.468 e. The average molecular weight is 329 g/mol. The van der Waals surface area contributed by atoms with Crippen molar-refractivity contribution < 1.29 is 19.1 Å². The van der Waals surface area contributed by atoms with Gasteiger partial charge in [0.15, 0.2) is 0 Å². The first kappa shape index (κ1) is 15.2. The van der Waals surface area contributed by atoms with E-state index in [4.69, 9.17) is 0 Å². The molecule has 0 aromatic heterocycles. The Balaban J connectivity index is 2.36. The van der Waals surface area contributed by atoms with Crippen molar-refractivity contribution in [3.8, 4) is 0 Å². The summed E-state index contributed by atoms with van der Waals surface area (Å²) < 4.78 is 5.22. The fraction of sp³-hybridized carbons (Fsp3) is 0.250. The normalized spacial score (nSPS) is 9.58. The van der Waals surface area contributed by atoms with Crippen LogP contribution in [-0.4, -0.2) is 38.0 Å². The van der Waals surface area contributed by atoms with Crippen molar-refractivity contribution in [3.63, 3.8) is 0 Å². The van der Waals surface area contributed by atoms with Crippen LogP contribution in [0.5, 0.6) is 0 Å². The van der Waals surface area contributed by atoms with Gasteiger partial charge in [-0.05, 0) is 24.3 Å². The number of benzene rings is 1. The summed E-state index contributed by atoms with van der Waals surface area (Å²) >= 11 is 3.26. The van der Waals surface area contributed by atoms with E-state index in [2.05, 4.69) is 31.3 Å². The van der Waals surface area contributed by atoms with Crippen LogP contribution in [-0.2, 0) is 14.3 Å². The third kappa shape index (κ3) is 5.52. The summed E-state index contributed by atoms with van der Waals surface area (Å²) in [7, 11) is 1.23. The number of amides is 2. The molecule has 0 aliphatic heterocycles. The summed E-state index contributed by atoms with van der Waals surface area (Å²) in [4.78, 5) is 33.7. The van der Waals surface area contributed by atoms with E-state index in [0.717, 1.165) is 4.47 Å². The molecule has 0 spiro atoms. The van der Waals surface area contributed by atoms with Gasteiger partial charge in [-0.25, -0.2) is 0 Å². The number of esters is 1. The molecule has 0 saturated carbocycles. The van der Waals surface area contributed by atoms with E-state index in [1.54, 1.807) is 24.3 Å². The Bertz CT molecular complexity index is 473. The monoisotopic (exact) mass is 328 g/mol. The molecule has 1 rings (SSSR count). The summed E-state index contributed by atoms with van der Waals surface area (Å²) in [6.45, 7) is -0.421. The van der Waals surface area contributed by atoms with E-state index < -0.39 is 11.9 Å². The lowest BCUT2D eigenvalue weighted by atomic mass is 10.2. The number of halogens is 1. The van der Waals surface area contributed by atoms with Crippen LogP contribution in [0.1, 0.15) is 10.4 Å². The largest absolute Gasteiger partial charge is 0.468 e. The molecular formula is C12H13BrN2O4. The van der Waals surface area contributed by atoms with E-state index >= 15 is 0 Å². The van der Waals surface area contributed by atoms with Gasteiger partial charge in [-0.2, -0.15) is 0 Å². The standard InChI is InChI=1S/C12H13BrN2O4/c1-19-11(17)7-14-10(16)6-15-12(18)8-2-4-9(13)5-3-8/h2-5H,6-7H2,1H3,(H,14,16)(H,15,18). The second-order valence-electron chi connectivity index (χ2n) is 3.54. The van der Waals surface area contributed by atoms with Gasteiger partial charge in [0.05, 0.1) is 13.7 Å². The van der Waals surface area contributed by atoms with Crippen molar-refractivity contribution in [3.05, 3.63) is 34.3 Å².